The predicted molar refractivity (Wildman–Crippen MR) is 122 cm³/mol. The van der Waals surface area contributed by atoms with Crippen molar-refractivity contribution in [2.75, 3.05) is 37.7 Å². The van der Waals surface area contributed by atoms with E-state index < -0.39 is 5.60 Å². The minimum absolute atomic E-state index is 0.237. The van der Waals surface area contributed by atoms with E-state index in [1.807, 2.05) is 39.8 Å². The molecule has 0 aromatic heterocycles. The summed E-state index contributed by atoms with van der Waals surface area (Å²) in [7, 11) is 0. The molecular formula is C25H32N2O4. The summed E-state index contributed by atoms with van der Waals surface area (Å²) in [6.07, 6.45) is 2.16. The number of hydrogen-bond donors (Lipinski definition) is 0. The average molecular weight is 425 g/mol. The van der Waals surface area contributed by atoms with Crippen LogP contribution in [0, 0.1) is 0 Å². The number of rotatable bonds is 4. The molecule has 0 unspecified atom stereocenters. The molecule has 1 aliphatic heterocycles. The minimum Gasteiger partial charge on any atom is -0.462 e. The van der Waals surface area contributed by atoms with Crippen LogP contribution in [-0.2, 0) is 9.47 Å². The van der Waals surface area contributed by atoms with Crippen LogP contribution in [0.15, 0.2) is 30.3 Å². The fourth-order valence-electron chi connectivity index (χ4n) is 4.22. The summed E-state index contributed by atoms with van der Waals surface area (Å²) in [5.41, 5.74) is 2.74. The Morgan fingerprint density at radius 3 is 2.35 bits per heavy atom. The zero-order chi connectivity index (χ0) is 22.2. The third-order valence-corrected chi connectivity index (χ3v) is 5.81. The van der Waals surface area contributed by atoms with Gasteiger partial charge in [0.15, 0.2) is 0 Å². The number of carbonyl (C=O) groups excluding carboxylic acids is 2. The Hall–Kier alpha value is -2.76. The highest BCUT2D eigenvalue weighted by atomic mass is 16.6. The van der Waals surface area contributed by atoms with Crippen molar-refractivity contribution in [3.8, 4) is 0 Å². The maximum Gasteiger partial charge on any atom is 0.410 e. The quantitative estimate of drug-likeness (QED) is 0.650. The normalized spacial score (nSPS) is 17.0. The van der Waals surface area contributed by atoms with Gasteiger partial charge in [0.25, 0.3) is 0 Å². The number of esters is 1. The van der Waals surface area contributed by atoms with E-state index in [4.69, 9.17) is 9.47 Å². The molecule has 2 aromatic carbocycles. The smallest absolute Gasteiger partial charge is 0.410 e. The van der Waals surface area contributed by atoms with E-state index in [9.17, 15) is 9.59 Å². The molecule has 2 aromatic rings. The van der Waals surface area contributed by atoms with E-state index in [-0.39, 0.29) is 12.1 Å². The molecule has 0 atom stereocenters. The maximum absolute atomic E-state index is 12.4. The molecule has 0 bridgehead atoms. The molecule has 1 saturated carbocycles. The summed E-state index contributed by atoms with van der Waals surface area (Å²) >= 11 is 0. The van der Waals surface area contributed by atoms with Gasteiger partial charge in [-0.1, -0.05) is 12.1 Å². The van der Waals surface area contributed by atoms with Crippen molar-refractivity contribution in [1.29, 1.82) is 0 Å². The van der Waals surface area contributed by atoms with Crippen molar-refractivity contribution >= 4 is 28.5 Å². The van der Waals surface area contributed by atoms with E-state index in [1.165, 1.54) is 29.5 Å². The number of anilines is 1. The Kier molecular flexibility index (Phi) is 5.82. The van der Waals surface area contributed by atoms with Crippen LogP contribution in [0.5, 0.6) is 0 Å². The number of fused-ring (bicyclic) bond motifs is 1. The Morgan fingerprint density at radius 1 is 1.03 bits per heavy atom. The molecule has 4 rings (SSSR count). The first kappa shape index (κ1) is 21.5. The van der Waals surface area contributed by atoms with Crippen molar-refractivity contribution in [2.45, 2.75) is 52.1 Å². The van der Waals surface area contributed by atoms with Crippen LogP contribution in [0.1, 0.15) is 62.4 Å². The summed E-state index contributed by atoms with van der Waals surface area (Å²) in [6, 6.07) is 10.1. The molecule has 1 saturated heterocycles. The molecule has 0 radical (unpaired) electrons. The third kappa shape index (κ3) is 4.78. The van der Waals surface area contributed by atoms with E-state index >= 15 is 0 Å². The highest BCUT2D eigenvalue weighted by Crippen LogP contribution is 2.48. The second-order valence-corrected chi connectivity index (χ2v) is 9.38. The summed E-state index contributed by atoms with van der Waals surface area (Å²) in [4.78, 5) is 28.7. The Morgan fingerprint density at radius 2 is 1.74 bits per heavy atom. The lowest BCUT2D eigenvalue weighted by Crippen LogP contribution is -2.50. The largest absolute Gasteiger partial charge is 0.462 e. The molecule has 1 amide bonds. The Bertz CT molecular complexity index is 983. The maximum atomic E-state index is 12.4. The molecule has 31 heavy (non-hydrogen) atoms. The third-order valence-electron chi connectivity index (χ3n) is 5.81. The lowest BCUT2D eigenvalue weighted by Gasteiger charge is -2.37. The van der Waals surface area contributed by atoms with Gasteiger partial charge in [0.1, 0.15) is 5.60 Å². The van der Waals surface area contributed by atoms with Gasteiger partial charge in [0, 0.05) is 31.9 Å². The number of nitrogens with zero attached hydrogens (tertiary/aromatic N) is 2. The molecule has 2 fully saturated rings. The lowest BCUT2D eigenvalue weighted by atomic mass is 9.96. The highest BCUT2D eigenvalue weighted by molar-refractivity contribution is 5.98. The molecule has 6 nitrogen and oxygen atoms in total. The molecular weight excluding hydrogens is 392 g/mol. The highest BCUT2D eigenvalue weighted by Gasteiger charge is 2.32. The van der Waals surface area contributed by atoms with Gasteiger partial charge in [-0.15, -0.1) is 0 Å². The van der Waals surface area contributed by atoms with Gasteiger partial charge in [-0.05, 0) is 81.0 Å². The Labute approximate surface area is 184 Å². The second kappa shape index (κ2) is 8.40. The van der Waals surface area contributed by atoms with Crippen LogP contribution in [0.2, 0.25) is 0 Å². The molecule has 1 aliphatic carbocycles. The summed E-state index contributed by atoms with van der Waals surface area (Å²) < 4.78 is 10.7. The number of amides is 1. The first-order valence-electron chi connectivity index (χ1n) is 11.2. The summed E-state index contributed by atoms with van der Waals surface area (Å²) in [5.74, 6) is 0.288. The molecule has 166 valence electrons. The summed E-state index contributed by atoms with van der Waals surface area (Å²) in [5, 5.41) is 2.28. The van der Waals surface area contributed by atoms with Crippen molar-refractivity contribution < 1.29 is 19.1 Å². The molecule has 0 spiro atoms. The number of piperazine rings is 1. The first-order chi connectivity index (χ1) is 14.8. The van der Waals surface area contributed by atoms with Crippen LogP contribution in [0.3, 0.4) is 0 Å². The van der Waals surface area contributed by atoms with Crippen LogP contribution in [0.4, 0.5) is 10.5 Å². The van der Waals surface area contributed by atoms with Crippen molar-refractivity contribution in [2.24, 2.45) is 0 Å². The fourth-order valence-corrected chi connectivity index (χ4v) is 4.22. The average Bonchev–Trinajstić information content (AvgIpc) is 3.56. The van der Waals surface area contributed by atoms with Crippen LogP contribution in [-0.4, -0.2) is 55.3 Å². The molecule has 2 aliphatic rings. The van der Waals surface area contributed by atoms with Crippen LogP contribution >= 0.6 is 0 Å². The summed E-state index contributed by atoms with van der Waals surface area (Å²) in [6.45, 7) is 10.7. The van der Waals surface area contributed by atoms with E-state index in [0.29, 0.717) is 31.2 Å². The van der Waals surface area contributed by atoms with Crippen molar-refractivity contribution in [3.05, 3.63) is 41.5 Å². The van der Waals surface area contributed by atoms with Gasteiger partial charge in [-0.25, -0.2) is 9.59 Å². The monoisotopic (exact) mass is 424 g/mol. The number of hydrogen-bond acceptors (Lipinski definition) is 5. The van der Waals surface area contributed by atoms with Gasteiger partial charge in [0.05, 0.1) is 12.2 Å². The van der Waals surface area contributed by atoms with Gasteiger partial charge in [-0.3, -0.25) is 0 Å². The van der Waals surface area contributed by atoms with E-state index in [2.05, 4.69) is 23.1 Å². The lowest BCUT2D eigenvalue weighted by molar-refractivity contribution is 0.0240. The van der Waals surface area contributed by atoms with Crippen LogP contribution < -0.4 is 4.90 Å². The zero-order valence-corrected chi connectivity index (χ0v) is 18.9. The van der Waals surface area contributed by atoms with Gasteiger partial charge in [-0.2, -0.15) is 0 Å². The van der Waals surface area contributed by atoms with Gasteiger partial charge < -0.3 is 19.3 Å². The second-order valence-electron chi connectivity index (χ2n) is 9.38. The molecule has 1 heterocycles. The van der Waals surface area contributed by atoms with Gasteiger partial charge in [0.2, 0.25) is 0 Å². The number of carbonyl (C=O) groups is 2. The van der Waals surface area contributed by atoms with E-state index in [0.717, 1.165) is 18.5 Å². The first-order valence-corrected chi connectivity index (χ1v) is 11.2. The minimum atomic E-state index is -0.478. The Balaban J connectivity index is 1.56. The number of benzene rings is 2. The molecule has 6 heteroatoms. The number of ether oxygens (including phenoxy) is 2. The van der Waals surface area contributed by atoms with Crippen LogP contribution in [0.25, 0.3) is 10.8 Å². The standard InChI is InChI=1S/C25H32N2O4/c1-5-30-23(28)19-8-10-20-18(16-19)9-11-21(22(20)17-6-7-17)26-12-14-27(15-13-26)24(29)31-25(2,3)4/h8-11,16-17H,5-7,12-15H2,1-4H3. The fraction of sp³-hybridized carbons (Fsp3) is 0.520. The van der Waals surface area contributed by atoms with Gasteiger partial charge >= 0.3 is 12.1 Å². The van der Waals surface area contributed by atoms with Crippen molar-refractivity contribution in [1.82, 2.24) is 4.90 Å². The SMILES string of the molecule is CCOC(=O)c1ccc2c(C3CC3)c(N3CCN(C(=O)OC(C)(C)C)CC3)ccc2c1. The van der Waals surface area contributed by atoms with E-state index in [1.54, 1.807) is 4.90 Å². The molecule has 0 N–H and O–H groups in total. The van der Waals surface area contributed by atoms with Crippen molar-refractivity contribution in [3.63, 3.8) is 0 Å². The topological polar surface area (TPSA) is 59.1 Å². The predicted octanol–water partition coefficient (Wildman–Crippen LogP) is 4.95. The zero-order valence-electron chi connectivity index (χ0n) is 18.9.